The highest BCUT2D eigenvalue weighted by atomic mass is 32.2. The number of aryl methyl sites for hydroxylation is 2. The zero-order valence-electron chi connectivity index (χ0n) is 18.9. The molecule has 0 unspecified atom stereocenters. The third kappa shape index (κ3) is 5.51. The van der Waals surface area contributed by atoms with Gasteiger partial charge in [0.05, 0.1) is 4.90 Å². The molecule has 1 atom stereocenters. The molecular weight excluding hydrogens is 436 g/mol. The van der Waals surface area contributed by atoms with E-state index in [0.717, 1.165) is 36.2 Å². The average molecular weight is 467 g/mol. The van der Waals surface area contributed by atoms with Crippen LogP contribution in [0.15, 0.2) is 71.9 Å². The fourth-order valence-electron chi connectivity index (χ4n) is 4.17. The van der Waals surface area contributed by atoms with Crippen LogP contribution in [0.5, 0.6) is 0 Å². The summed E-state index contributed by atoms with van der Waals surface area (Å²) in [6.07, 6.45) is 7.30. The van der Waals surface area contributed by atoms with Crippen LogP contribution in [-0.4, -0.2) is 41.3 Å². The predicted molar refractivity (Wildman–Crippen MR) is 127 cm³/mol. The van der Waals surface area contributed by atoms with Crippen LogP contribution in [0.2, 0.25) is 0 Å². The Morgan fingerprint density at radius 3 is 2.36 bits per heavy atom. The molecule has 0 bridgehead atoms. The Kier molecular flexibility index (Phi) is 7.25. The molecule has 7 nitrogen and oxygen atoms in total. The van der Waals surface area contributed by atoms with E-state index in [0.29, 0.717) is 30.8 Å². The van der Waals surface area contributed by atoms with Crippen molar-refractivity contribution in [2.75, 3.05) is 13.1 Å². The summed E-state index contributed by atoms with van der Waals surface area (Å²) < 4.78 is 29.1. The van der Waals surface area contributed by atoms with Crippen molar-refractivity contribution in [2.24, 2.45) is 7.05 Å². The standard InChI is InChI=1S/C25H30N4O3S/c1-28-19-16-26-25(28)24(21-8-4-2-5-9-21)27-23(30)15-12-20-10-13-22(14-11-20)33(31,32)29-17-6-3-7-18-29/h2,4-5,8-11,13-14,16,19,24H,3,6-7,12,15,17-18H2,1H3,(H,27,30)/t24-/m1/s1. The molecule has 1 aliphatic rings. The molecule has 1 aromatic heterocycles. The van der Waals surface area contributed by atoms with Gasteiger partial charge in [-0.3, -0.25) is 4.79 Å². The molecule has 1 amide bonds. The number of aromatic nitrogens is 2. The number of nitrogens with one attached hydrogen (secondary N) is 1. The van der Waals surface area contributed by atoms with E-state index in [-0.39, 0.29) is 11.9 Å². The Hall–Kier alpha value is -2.97. The number of benzene rings is 2. The van der Waals surface area contributed by atoms with Crippen LogP contribution >= 0.6 is 0 Å². The molecule has 0 spiro atoms. The van der Waals surface area contributed by atoms with Crippen molar-refractivity contribution < 1.29 is 13.2 Å². The fourth-order valence-corrected chi connectivity index (χ4v) is 5.69. The minimum absolute atomic E-state index is 0.0862. The van der Waals surface area contributed by atoms with E-state index in [9.17, 15) is 13.2 Å². The first kappa shape index (κ1) is 23.2. The van der Waals surface area contributed by atoms with Crippen molar-refractivity contribution in [1.29, 1.82) is 0 Å². The second-order valence-corrected chi connectivity index (χ2v) is 10.4. The highest BCUT2D eigenvalue weighted by molar-refractivity contribution is 7.89. The van der Waals surface area contributed by atoms with Crippen LogP contribution in [0.3, 0.4) is 0 Å². The lowest BCUT2D eigenvalue weighted by atomic mass is 10.1. The molecular formula is C25H30N4O3S. The highest BCUT2D eigenvalue weighted by Gasteiger charge is 2.26. The van der Waals surface area contributed by atoms with Crippen LogP contribution in [0.25, 0.3) is 0 Å². The molecule has 8 heteroatoms. The number of hydrogen-bond donors (Lipinski definition) is 1. The number of hydrogen-bond acceptors (Lipinski definition) is 4. The molecule has 1 aliphatic heterocycles. The maximum absolute atomic E-state index is 12.8. The van der Waals surface area contributed by atoms with Gasteiger partial charge in [-0.2, -0.15) is 4.31 Å². The number of carbonyl (C=O) groups excluding carboxylic acids is 1. The smallest absolute Gasteiger partial charge is 0.243 e. The molecule has 0 saturated carbocycles. The lowest BCUT2D eigenvalue weighted by molar-refractivity contribution is -0.121. The maximum Gasteiger partial charge on any atom is 0.243 e. The van der Waals surface area contributed by atoms with Gasteiger partial charge >= 0.3 is 0 Å². The molecule has 4 rings (SSSR count). The second-order valence-electron chi connectivity index (χ2n) is 8.42. The van der Waals surface area contributed by atoms with E-state index in [4.69, 9.17) is 0 Å². The SMILES string of the molecule is Cn1ccnc1[C@H](NC(=O)CCc1ccc(S(=O)(=O)N2CCCCC2)cc1)c1ccccc1. The van der Waals surface area contributed by atoms with E-state index < -0.39 is 10.0 Å². The van der Waals surface area contributed by atoms with E-state index in [1.807, 2.05) is 48.1 Å². The molecule has 0 radical (unpaired) electrons. The first-order valence-electron chi connectivity index (χ1n) is 11.4. The first-order chi connectivity index (χ1) is 15.9. The van der Waals surface area contributed by atoms with Gasteiger partial charge in [0.2, 0.25) is 15.9 Å². The molecule has 3 aromatic rings. The monoisotopic (exact) mass is 466 g/mol. The maximum atomic E-state index is 12.8. The minimum atomic E-state index is -3.44. The Labute approximate surface area is 195 Å². The summed E-state index contributed by atoms with van der Waals surface area (Å²) in [7, 11) is -1.53. The molecule has 33 heavy (non-hydrogen) atoms. The number of imidazole rings is 1. The second kappa shape index (κ2) is 10.3. The Bertz CT molecular complexity index is 1170. The quantitative estimate of drug-likeness (QED) is 0.551. The van der Waals surface area contributed by atoms with Crippen LogP contribution < -0.4 is 5.32 Å². The summed E-state index contributed by atoms with van der Waals surface area (Å²) in [5.41, 5.74) is 1.89. The van der Waals surface area contributed by atoms with Gasteiger partial charge < -0.3 is 9.88 Å². The molecule has 1 N–H and O–H groups in total. The van der Waals surface area contributed by atoms with Gasteiger partial charge in [0, 0.05) is 39.0 Å². The van der Waals surface area contributed by atoms with Crippen LogP contribution in [0.1, 0.15) is 48.7 Å². The summed E-state index contributed by atoms with van der Waals surface area (Å²) in [4.78, 5) is 17.5. The normalized spacial score (nSPS) is 15.8. The van der Waals surface area contributed by atoms with E-state index in [1.54, 1.807) is 34.8 Å². The van der Waals surface area contributed by atoms with Gasteiger partial charge in [-0.15, -0.1) is 0 Å². The van der Waals surface area contributed by atoms with Crippen molar-refractivity contribution in [3.63, 3.8) is 0 Å². The van der Waals surface area contributed by atoms with Crippen molar-refractivity contribution in [3.05, 3.63) is 83.9 Å². The van der Waals surface area contributed by atoms with Gasteiger partial charge in [-0.1, -0.05) is 48.9 Å². The van der Waals surface area contributed by atoms with Crippen molar-refractivity contribution in [3.8, 4) is 0 Å². The topological polar surface area (TPSA) is 84.3 Å². The van der Waals surface area contributed by atoms with E-state index in [1.165, 1.54) is 0 Å². The average Bonchev–Trinajstić information content (AvgIpc) is 3.28. The number of piperidine rings is 1. The van der Waals surface area contributed by atoms with Gasteiger partial charge in [0.25, 0.3) is 0 Å². The molecule has 1 fully saturated rings. The summed E-state index contributed by atoms with van der Waals surface area (Å²) in [5.74, 6) is 0.679. The van der Waals surface area contributed by atoms with Crippen molar-refractivity contribution in [1.82, 2.24) is 19.2 Å². The Morgan fingerprint density at radius 2 is 1.73 bits per heavy atom. The van der Waals surface area contributed by atoms with Gasteiger partial charge in [-0.05, 0) is 42.5 Å². The zero-order chi connectivity index (χ0) is 23.3. The summed E-state index contributed by atoms with van der Waals surface area (Å²) >= 11 is 0. The van der Waals surface area contributed by atoms with Gasteiger partial charge in [0.1, 0.15) is 11.9 Å². The number of sulfonamides is 1. The Balaban J connectivity index is 1.39. The molecule has 0 aliphatic carbocycles. The first-order valence-corrected chi connectivity index (χ1v) is 12.8. The summed E-state index contributed by atoms with van der Waals surface area (Å²) in [6, 6.07) is 16.3. The summed E-state index contributed by atoms with van der Waals surface area (Å²) in [6.45, 7) is 1.17. The van der Waals surface area contributed by atoms with Gasteiger partial charge in [-0.25, -0.2) is 13.4 Å². The number of carbonyl (C=O) groups is 1. The van der Waals surface area contributed by atoms with Crippen LogP contribution in [0.4, 0.5) is 0 Å². The number of amides is 1. The largest absolute Gasteiger partial charge is 0.342 e. The number of nitrogens with zero attached hydrogens (tertiary/aromatic N) is 3. The highest BCUT2D eigenvalue weighted by Crippen LogP contribution is 2.22. The fraction of sp³-hybridized carbons (Fsp3) is 0.360. The molecule has 1 saturated heterocycles. The van der Waals surface area contributed by atoms with Crippen molar-refractivity contribution in [2.45, 2.75) is 43.0 Å². The minimum Gasteiger partial charge on any atom is -0.342 e. The van der Waals surface area contributed by atoms with Crippen LogP contribution in [0, 0.1) is 0 Å². The Morgan fingerprint density at radius 1 is 1.03 bits per heavy atom. The van der Waals surface area contributed by atoms with E-state index in [2.05, 4.69) is 10.3 Å². The third-order valence-corrected chi connectivity index (χ3v) is 7.98. The summed E-state index contributed by atoms with van der Waals surface area (Å²) in [5, 5.41) is 3.10. The molecule has 2 aromatic carbocycles. The predicted octanol–water partition coefficient (Wildman–Crippen LogP) is 3.43. The lowest BCUT2D eigenvalue weighted by Gasteiger charge is -2.25. The zero-order valence-corrected chi connectivity index (χ0v) is 19.7. The van der Waals surface area contributed by atoms with Crippen LogP contribution in [-0.2, 0) is 28.3 Å². The van der Waals surface area contributed by atoms with E-state index >= 15 is 0 Å². The lowest BCUT2D eigenvalue weighted by Crippen LogP contribution is -2.35. The van der Waals surface area contributed by atoms with Gasteiger partial charge in [0.15, 0.2) is 0 Å². The van der Waals surface area contributed by atoms with Crippen molar-refractivity contribution >= 4 is 15.9 Å². The molecule has 2 heterocycles. The molecule has 174 valence electrons. The third-order valence-electron chi connectivity index (χ3n) is 6.07. The number of rotatable bonds is 8.